The van der Waals surface area contributed by atoms with Gasteiger partial charge in [-0.05, 0) is 116 Å². The van der Waals surface area contributed by atoms with Gasteiger partial charge in [-0.15, -0.1) is 0 Å². The Morgan fingerprint density at radius 2 is 1.71 bits per heavy atom. The number of alkyl halides is 1. The van der Waals surface area contributed by atoms with E-state index >= 15 is 4.39 Å². The summed E-state index contributed by atoms with van der Waals surface area (Å²) in [5.41, 5.74) is 0.167. The number of hydrogen-bond donors (Lipinski definition) is 3. The maximum absolute atomic E-state index is 16.8. The summed E-state index contributed by atoms with van der Waals surface area (Å²) in [5, 5.41) is 9.62. The molecule has 0 spiro atoms. The fourth-order valence-electron chi connectivity index (χ4n) is 12.7. The molecule has 6 heterocycles. The average Bonchev–Trinajstić information content (AvgIpc) is 3.92. The van der Waals surface area contributed by atoms with E-state index in [1.54, 1.807) is 0 Å². The van der Waals surface area contributed by atoms with Crippen molar-refractivity contribution in [2.75, 3.05) is 66.0 Å². The highest BCUT2D eigenvalue weighted by Crippen LogP contribution is 2.53. The van der Waals surface area contributed by atoms with Gasteiger partial charge in [0.15, 0.2) is 5.78 Å². The van der Waals surface area contributed by atoms with E-state index in [2.05, 4.69) is 42.6 Å². The molecule has 13 atom stereocenters. The molecule has 9 rings (SSSR count). The van der Waals surface area contributed by atoms with Crippen LogP contribution in [0.3, 0.4) is 0 Å². The van der Waals surface area contributed by atoms with Crippen molar-refractivity contribution in [3.8, 4) is 0 Å². The summed E-state index contributed by atoms with van der Waals surface area (Å²) in [4.78, 5) is 50.3. The molecule has 6 aliphatic heterocycles. The summed E-state index contributed by atoms with van der Waals surface area (Å²) in [7, 11) is 2.18. The molecule has 5 saturated heterocycles. The number of carbonyl (C=O) groups is 3. The number of nitrogens with one attached hydrogen (secondary N) is 3. The van der Waals surface area contributed by atoms with Gasteiger partial charge < -0.3 is 40.1 Å². The molecule has 9 aliphatic rings. The minimum atomic E-state index is -1.28. The summed E-state index contributed by atoms with van der Waals surface area (Å²) in [5.74, 6) is -0.284. The molecule has 0 aromatic heterocycles. The van der Waals surface area contributed by atoms with Crippen molar-refractivity contribution in [1.29, 1.82) is 0 Å². The van der Waals surface area contributed by atoms with Crippen LogP contribution in [0, 0.1) is 17.8 Å². The third-order valence-electron chi connectivity index (χ3n) is 15.4. The van der Waals surface area contributed by atoms with Gasteiger partial charge in [0.25, 0.3) is 5.91 Å². The molecule has 0 aromatic carbocycles. The van der Waals surface area contributed by atoms with Gasteiger partial charge in [0.1, 0.15) is 6.17 Å². The van der Waals surface area contributed by atoms with Crippen molar-refractivity contribution in [3.63, 3.8) is 0 Å². The van der Waals surface area contributed by atoms with Crippen LogP contribution in [0.2, 0.25) is 0 Å². The third kappa shape index (κ3) is 7.76. The van der Waals surface area contributed by atoms with Crippen LogP contribution in [0.4, 0.5) is 4.39 Å². The van der Waals surface area contributed by atoms with E-state index in [0.717, 1.165) is 64.8 Å². The van der Waals surface area contributed by atoms with Crippen LogP contribution in [0.1, 0.15) is 89.9 Å². The number of carbonyl (C=O) groups excluding carboxylic acids is 3. The first-order chi connectivity index (χ1) is 26.8. The summed E-state index contributed by atoms with van der Waals surface area (Å²) >= 11 is 0. The number of halogens is 1. The number of Topliss-reactive ketones (excluding diaryl/α,β-unsaturated/α-hetero) is 1. The second-order valence-corrected chi connectivity index (χ2v) is 18.6. The molecule has 2 amide bonds. The number of fused-ring (bicyclic) bond motifs is 5. The molecule has 3 saturated carbocycles. The Balaban J connectivity index is 0.896. The minimum Gasteiger partial charge on any atom is -0.374 e. The fraction of sp³-hybridized carbons (Fsp3) is 0.881. The SMILES string of the molecule is CN1CCCC1CCNCC(=O)N[C@@H]1CCN(C2C(F)CC3C(=O)C(C(=O)NCCN4CCCCC4)=CN4C5CC6OC7CCCCC7C6CC5OC2C34)C1. The van der Waals surface area contributed by atoms with Gasteiger partial charge in [-0.2, -0.15) is 0 Å². The van der Waals surface area contributed by atoms with Crippen molar-refractivity contribution in [3.05, 3.63) is 11.8 Å². The van der Waals surface area contributed by atoms with Crippen molar-refractivity contribution in [2.45, 2.75) is 151 Å². The van der Waals surface area contributed by atoms with E-state index in [0.29, 0.717) is 43.6 Å². The molecule has 0 aromatic rings. The first-order valence-electron chi connectivity index (χ1n) is 22.3. The number of rotatable bonds is 11. The Bertz CT molecular complexity index is 1450. The Morgan fingerprint density at radius 1 is 0.855 bits per heavy atom. The van der Waals surface area contributed by atoms with Crippen LogP contribution in [0.5, 0.6) is 0 Å². The quantitative estimate of drug-likeness (QED) is 0.214. The molecule has 306 valence electrons. The number of piperidine rings is 1. The molecule has 12 nitrogen and oxygen atoms in total. The van der Waals surface area contributed by atoms with Crippen LogP contribution in [0.25, 0.3) is 0 Å². The van der Waals surface area contributed by atoms with Crippen molar-refractivity contribution < 1.29 is 28.2 Å². The molecule has 3 N–H and O–H groups in total. The predicted octanol–water partition coefficient (Wildman–Crippen LogP) is 2.22. The van der Waals surface area contributed by atoms with Crippen molar-refractivity contribution in [1.82, 2.24) is 35.6 Å². The Labute approximate surface area is 327 Å². The lowest BCUT2D eigenvalue weighted by molar-refractivity contribution is -0.220. The van der Waals surface area contributed by atoms with Gasteiger partial charge in [-0.1, -0.05) is 19.3 Å². The molecular weight excluding hydrogens is 702 g/mol. The second-order valence-electron chi connectivity index (χ2n) is 18.6. The maximum atomic E-state index is 16.8. The fourth-order valence-corrected chi connectivity index (χ4v) is 12.7. The van der Waals surface area contributed by atoms with Gasteiger partial charge in [-0.3, -0.25) is 19.3 Å². The highest BCUT2D eigenvalue weighted by Gasteiger charge is 2.62. The highest BCUT2D eigenvalue weighted by atomic mass is 19.1. The van der Waals surface area contributed by atoms with Crippen LogP contribution in [-0.4, -0.2) is 164 Å². The molecule has 0 bridgehead atoms. The second kappa shape index (κ2) is 16.6. The molecule has 3 aliphatic carbocycles. The number of morpholine rings is 1. The van der Waals surface area contributed by atoms with E-state index in [9.17, 15) is 14.4 Å². The zero-order valence-corrected chi connectivity index (χ0v) is 33.1. The molecule has 55 heavy (non-hydrogen) atoms. The monoisotopic (exact) mass is 768 g/mol. The molecular formula is C42H66FN7O5. The summed E-state index contributed by atoms with van der Waals surface area (Å²) in [6.07, 6.45) is 14.8. The van der Waals surface area contributed by atoms with E-state index in [-0.39, 0.29) is 66.5 Å². The van der Waals surface area contributed by atoms with Crippen molar-refractivity contribution >= 4 is 17.6 Å². The Morgan fingerprint density at radius 3 is 2.55 bits per heavy atom. The molecule has 0 radical (unpaired) electrons. The van der Waals surface area contributed by atoms with E-state index in [4.69, 9.17) is 9.47 Å². The number of ketones is 1. The average molecular weight is 768 g/mol. The van der Waals surface area contributed by atoms with Crippen LogP contribution in [0.15, 0.2) is 11.8 Å². The zero-order valence-electron chi connectivity index (χ0n) is 33.1. The lowest BCUT2D eigenvalue weighted by Gasteiger charge is -2.61. The van der Waals surface area contributed by atoms with Crippen LogP contribution >= 0.6 is 0 Å². The summed E-state index contributed by atoms with van der Waals surface area (Å²) < 4.78 is 30.8. The first-order valence-corrected chi connectivity index (χ1v) is 22.3. The number of hydrogen-bond acceptors (Lipinski definition) is 10. The Hall–Kier alpha value is -2.16. The zero-order chi connectivity index (χ0) is 37.6. The number of likely N-dealkylation sites (tertiary alicyclic amines) is 3. The topological polar surface area (TPSA) is 119 Å². The third-order valence-corrected chi connectivity index (χ3v) is 15.4. The standard InChI is InChI=1S/C42H66FN7O5/c1-47-15-7-8-27(47)11-13-44-23-37(51)46-26-12-18-49(24-26)39-32(43)20-30-38-41(39)55-36-21-29-28-9-3-4-10-34(28)54-35(29)22-33(36)50(38)25-31(40(30)52)42(53)45-14-19-48-16-5-2-6-17-48/h25-30,32-36,38-39,41,44H,2-24H2,1H3,(H,45,53)(H,46,51)/t26-,27?,28?,29?,30?,32?,33?,34?,35?,36?,38?,39?,41?/m1/s1. The highest BCUT2D eigenvalue weighted by molar-refractivity contribution is 6.20. The largest absolute Gasteiger partial charge is 0.374 e. The van der Waals surface area contributed by atoms with E-state index in [1.165, 1.54) is 51.4 Å². The summed E-state index contributed by atoms with van der Waals surface area (Å²) in [6, 6.07) is -0.357. The lowest BCUT2D eigenvalue weighted by Crippen LogP contribution is -2.73. The van der Waals surface area contributed by atoms with Gasteiger partial charge in [0.05, 0.1) is 54.7 Å². The van der Waals surface area contributed by atoms with Gasteiger partial charge in [-0.25, -0.2) is 4.39 Å². The van der Waals surface area contributed by atoms with Gasteiger partial charge in [0.2, 0.25) is 5.91 Å². The van der Waals surface area contributed by atoms with E-state index in [1.807, 2.05) is 6.20 Å². The number of amides is 2. The Kier molecular flexibility index (Phi) is 11.6. The lowest BCUT2D eigenvalue weighted by atomic mass is 9.67. The molecule has 13 heteroatoms. The number of ether oxygens (including phenoxy) is 2. The van der Waals surface area contributed by atoms with Crippen LogP contribution in [-0.2, 0) is 23.9 Å². The predicted molar refractivity (Wildman–Crippen MR) is 206 cm³/mol. The summed E-state index contributed by atoms with van der Waals surface area (Å²) in [6.45, 7) is 6.83. The maximum Gasteiger partial charge on any atom is 0.256 e. The first kappa shape index (κ1) is 38.4. The van der Waals surface area contributed by atoms with Gasteiger partial charge in [0, 0.05) is 50.4 Å². The number of nitrogens with zero attached hydrogens (tertiary/aromatic N) is 4. The smallest absolute Gasteiger partial charge is 0.256 e. The minimum absolute atomic E-state index is 0.0172. The van der Waals surface area contributed by atoms with Crippen LogP contribution < -0.4 is 16.0 Å². The molecule has 12 unspecified atom stereocenters. The van der Waals surface area contributed by atoms with Gasteiger partial charge >= 0.3 is 0 Å². The normalized spacial score (nSPS) is 41.9. The molecule has 8 fully saturated rings. The van der Waals surface area contributed by atoms with E-state index < -0.39 is 24.2 Å². The van der Waals surface area contributed by atoms with Crippen molar-refractivity contribution in [2.24, 2.45) is 17.8 Å².